The summed E-state index contributed by atoms with van der Waals surface area (Å²) in [5.41, 5.74) is 0.195. The van der Waals surface area contributed by atoms with E-state index in [1.165, 1.54) is 12.1 Å². The van der Waals surface area contributed by atoms with Gasteiger partial charge in [0.05, 0.1) is 0 Å². The lowest BCUT2D eigenvalue weighted by molar-refractivity contribution is 0.420. The number of para-hydroxylation sites is 1. The Labute approximate surface area is 88.1 Å². The molecule has 0 spiro atoms. The molecule has 0 bridgehead atoms. The Balaban J connectivity index is 3.01. The van der Waals surface area contributed by atoms with Crippen molar-refractivity contribution < 1.29 is 13.9 Å². The zero-order chi connectivity index (χ0) is 11.3. The fraction of sp³-hybridized carbons (Fsp3) is 0.333. The zero-order valence-electron chi connectivity index (χ0n) is 8.63. The summed E-state index contributed by atoms with van der Waals surface area (Å²) in [5.74, 6) is -0.0867. The molecule has 0 aromatic heterocycles. The van der Waals surface area contributed by atoms with Gasteiger partial charge in [0.1, 0.15) is 5.75 Å². The third-order valence-electron chi connectivity index (χ3n) is 2.24. The van der Waals surface area contributed by atoms with Gasteiger partial charge in [-0.3, -0.25) is 0 Å². The molecule has 0 amide bonds. The quantitative estimate of drug-likeness (QED) is 0.793. The van der Waals surface area contributed by atoms with E-state index in [4.69, 9.17) is 0 Å². The number of halogens is 2. The largest absolute Gasteiger partial charge is 0.507 e. The van der Waals surface area contributed by atoms with Crippen LogP contribution in [0.4, 0.5) is 8.78 Å². The van der Waals surface area contributed by atoms with Gasteiger partial charge in [-0.1, -0.05) is 31.5 Å². The highest BCUT2D eigenvalue weighted by Crippen LogP contribution is 2.31. The van der Waals surface area contributed by atoms with E-state index < -0.39 is 6.08 Å². The van der Waals surface area contributed by atoms with Gasteiger partial charge in [-0.15, -0.1) is 0 Å². The summed E-state index contributed by atoms with van der Waals surface area (Å²) >= 11 is 0. The first-order chi connectivity index (χ1) is 7.16. The molecule has 0 aliphatic carbocycles. The molecule has 0 heterocycles. The fourth-order valence-electron chi connectivity index (χ4n) is 1.41. The number of hydrogen-bond acceptors (Lipinski definition) is 1. The summed E-state index contributed by atoms with van der Waals surface area (Å²) in [7, 11) is 0. The van der Waals surface area contributed by atoms with Crippen molar-refractivity contribution >= 4 is 5.57 Å². The van der Waals surface area contributed by atoms with E-state index in [0.29, 0.717) is 12.8 Å². The number of allylic oxidation sites excluding steroid dienone is 1. The predicted octanol–water partition coefficient (Wildman–Crippen LogP) is 4.19. The first-order valence-electron chi connectivity index (χ1n) is 4.99. The van der Waals surface area contributed by atoms with Crippen LogP contribution < -0.4 is 0 Å². The minimum Gasteiger partial charge on any atom is -0.507 e. The molecule has 1 N–H and O–H groups in total. The number of rotatable bonds is 4. The number of benzene rings is 1. The Morgan fingerprint density at radius 3 is 2.47 bits per heavy atom. The number of phenolic OH excluding ortho intramolecular Hbond substituents is 1. The van der Waals surface area contributed by atoms with Crippen molar-refractivity contribution in [2.24, 2.45) is 0 Å². The standard InChI is InChI=1S/C12H14F2O/c1-2-3-6-10(12(13)14)9-7-4-5-8-11(9)15/h4-5,7-8,15H,2-3,6H2,1H3. The van der Waals surface area contributed by atoms with Gasteiger partial charge in [0.25, 0.3) is 6.08 Å². The average Bonchev–Trinajstić information content (AvgIpc) is 2.20. The van der Waals surface area contributed by atoms with Gasteiger partial charge < -0.3 is 5.11 Å². The molecule has 1 aromatic carbocycles. The molecule has 0 aliphatic heterocycles. The van der Waals surface area contributed by atoms with E-state index >= 15 is 0 Å². The van der Waals surface area contributed by atoms with E-state index in [2.05, 4.69) is 0 Å². The molecule has 0 aliphatic rings. The minimum absolute atomic E-state index is 0.0463. The lowest BCUT2D eigenvalue weighted by atomic mass is 10.0. The van der Waals surface area contributed by atoms with Crippen LogP contribution in [0.3, 0.4) is 0 Å². The Kier molecular flexibility index (Phi) is 4.28. The van der Waals surface area contributed by atoms with Crippen molar-refractivity contribution in [2.45, 2.75) is 26.2 Å². The van der Waals surface area contributed by atoms with Crippen LogP contribution in [0.15, 0.2) is 30.3 Å². The lowest BCUT2D eigenvalue weighted by Crippen LogP contribution is -1.87. The fourth-order valence-corrected chi connectivity index (χ4v) is 1.41. The van der Waals surface area contributed by atoms with Crippen molar-refractivity contribution in [3.05, 3.63) is 35.9 Å². The second-order valence-electron chi connectivity index (χ2n) is 3.36. The van der Waals surface area contributed by atoms with Gasteiger partial charge in [0.2, 0.25) is 0 Å². The molecule has 0 fully saturated rings. The number of phenols is 1. The highest BCUT2D eigenvalue weighted by Gasteiger charge is 2.12. The highest BCUT2D eigenvalue weighted by atomic mass is 19.3. The topological polar surface area (TPSA) is 20.2 Å². The molecule has 1 rings (SSSR count). The molecule has 0 saturated carbocycles. The maximum atomic E-state index is 12.7. The maximum Gasteiger partial charge on any atom is 0.274 e. The van der Waals surface area contributed by atoms with Crippen molar-refractivity contribution in [3.8, 4) is 5.75 Å². The molecular formula is C12H14F2O. The number of hydrogen-bond donors (Lipinski definition) is 1. The van der Waals surface area contributed by atoms with E-state index in [0.717, 1.165) is 6.42 Å². The summed E-state index contributed by atoms with van der Waals surface area (Å²) in [5, 5.41) is 9.46. The molecule has 82 valence electrons. The van der Waals surface area contributed by atoms with Gasteiger partial charge in [-0.2, -0.15) is 8.78 Å². The van der Waals surface area contributed by atoms with Gasteiger partial charge in [-0.05, 0) is 18.9 Å². The van der Waals surface area contributed by atoms with Crippen LogP contribution in [0.2, 0.25) is 0 Å². The first kappa shape index (κ1) is 11.7. The lowest BCUT2D eigenvalue weighted by Gasteiger charge is -2.07. The summed E-state index contributed by atoms with van der Waals surface area (Å²) in [6.07, 6.45) is 0.145. The van der Waals surface area contributed by atoms with Crippen molar-refractivity contribution in [2.75, 3.05) is 0 Å². The van der Waals surface area contributed by atoms with Crippen LogP contribution in [0.1, 0.15) is 31.7 Å². The van der Waals surface area contributed by atoms with Gasteiger partial charge >= 0.3 is 0 Å². The van der Waals surface area contributed by atoms with Crippen LogP contribution in [0.5, 0.6) is 5.75 Å². The van der Waals surface area contributed by atoms with Gasteiger partial charge in [0.15, 0.2) is 0 Å². The minimum atomic E-state index is -1.70. The first-order valence-corrected chi connectivity index (χ1v) is 4.99. The Morgan fingerprint density at radius 1 is 1.27 bits per heavy atom. The SMILES string of the molecule is CCCCC(=C(F)F)c1ccccc1O. The average molecular weight is 212 g/mol. The third-order valence-corrected chi connectivity index (χ3v) is 2.24. The van der Waals surface area contributed by atoms with Gasteiger partial charge in [0, 0.05) is 11.1 Å². The van der Waals surface area contributed by atoms with Crippen LogP contribution >= 0.6 is 0 Å². The van der Waals surface area contributed by atoms with Crippen LogP contribution in [-0.4, -0.2) is 5.11 Å². The molecule has 0 atom stereocenters. The normalized spacial score (nSPS) is 10.1. The smallest absolute Gasteiger partial charge is 0.274 e. The zero-order valence-corrected chi connectivity index (χ0v) is 8.63. The molecule has 0 unspecified atom stereocenters. The van der Waals surface area contributed by atoms with E-state index in [-0.39, 0.29) is 16.9 Å². The predicted molar refractivity (Wildman–Crippen MR) is 56.8 cm³/mol. The molecular weight excluding hydrogens is 198 g/mol. The van der Waals surface area contributed by atoms with Crippen LogP contribution in [0, 0.1) is 0 Å². The molecule has 0 saturated heterocycles. The summed E-state index contributed by atoms with van der Waals surface area (Å²) in [6, 6.07) is 6.19. The molecule has 0 radical (unpaired) electrons. The van der Waals surface area contributed by atoms with E-state index in [9.17, 15) is 13.9 Å². The number of unbranched alkanes of at least 4 members (excludes halogenated alkanes) is 1. The van der Waals surface area contributed by atoms with E-state index in [1.807, 2.05) is 6.92 Å². The summed E-state index contributed by atoms with van der Waals surface area (Å²) in [6.45, 7) is 1.94. The molecule has 1 aromatic rings. The molecule has 3 heteroatoms. The number of aromatic hydroxyl groups is 1. The molecule has 15 heavy (non-hydrogen) atoms. The van der Waals surface area contributed by atoms with E-state index in [1.54, 1.807) is 12.1 Å². The van der Waals surface area contributed by atoms with Gasteiger partial charge in [-0.25, -0.2) is 0 Å². The Morgan fingerprint density at radius 2 is 1.93 bits per heavy atom. The van der Waals surface area contributed by atoms with Crippen molar-refractivity contribution in [1.82, 2.24) is 0 Å². The molecule has 1 nitrogen and oxygen atoms in total. The Bertz CT molecular complexity index is 354. The van der Waals surface area contributed by atoms with Crippen molar-refractivity contribution in [3.63, 3.8) is 0 Å². The highest BCUT2D eigenvalue weighted by molar-refractivity contribution is 5.70. The van der Waals surface area contributed by atoms with Crippen molar-refractivity contribution in [1.29, 1.82) is 0 Å². The van der Waals surface area contributed by atoms with Crippen LogP contribution in [-0.2, 0) is 0 Å². The summed E-state index contributed by atoms with van der Waals surface area (Å²) in [4.78, 5) is 0. The Hall–Kier alpha value is -1.38. The second-order valence-corrected chi connectivity index (χ2v) is 3.36. The summed E-state index contributed by atoms with van der Waals surface area (Å²) < 4.78 is 25.3. The second kappa shape index (κ2) is 5.49. The third kappa shape index (κ3) is 3.05. The van der Waals surface area contributed by atoms with Crippen LogP contribution in [0.25, 0.3) is 5.57 Å². The maximum absolute atomic E-state index is 12.7. The monoisotopic (exact) mass is 212 g/mol.